The molecule has 0 saturated carbocycles. The van der Waals surface area contributed by atoms with Crippen LogP contribution in [0.15, 0.2) is 45.5 Å². The molecule has 2 rings (SSSR count). The highest BCUT2D eigenvalue weighted by Crippen LogP contribution is 2.32. The maximum atomic E-state index is 4.27. The summed E-state index contributed by atoms with van der Waals surface area (Å²) in [4.78, 5) is 4.27. The van der Waals surface area contributed by atoms with Gasteiger partial charge >= 0.3 is 0 Å². The predicted molar refractivity (Wildman–Crippen MR) is 63.9 cm³/mol. The summed E-state index contributed by atoms with van der Waals surface area (Å²) in [5, 5.41) is 0. The summed E-state index contributed by atoms with van der Waals surface area (Å²) in [5.74, 6) is 0. The fraction of sp³-hybridized carbons (Fsp3) is 0. The van der Waals surface area contributed by atoms with Crippen molar-refractivity contribution in [2.75, 3.05) is 0 Å². The Bertz CT molecular complexity index is 440. The largest absolute Gasteiger partial charge is 0.256 e. The molecule has 1 aromatic heterocycles. The summed E-state index contributed by atoms with van der Waals surface area (Å²) >= 11 is 6.97. The Labute approximate surface area is 99.4 Å². The molecule has 0 atom stereocenters. The molecule has 69 valence electrons. The maximum Gasteiger partial charge on any atom is 0.0719 e. The summed E-state index contributed by atoms with van der Waals surface area (Å²) in [6.07, 6.45) is 1.74. The minimum Gasteiger partial charge on any atom is -0.256 e. The third kappa shape index (κ3) is 1.88. The van der Waals surface area contributed by atoms with Gasteiger partial charge in [-0.3, -0.25) is 4.98 Å². The van der Waals surface area contributed by atoms with Crippen LogP contribution in [0, 0.1) is 6.07 Å². The Balaban J connectivity index is 2.58. The van der Waals surface area contributed by atoms with Gasteiger partial charge in [-0.05, 0) is 56.1 Å². The van der Waals surface area contributed by atoms with Crippen molar-refractivity contribution in [1.82, 2.24) is 4.98 Å². The molecule has 1 aromatic carbocycles. The second kappa shape index (κ2) is 4.24. The van der Waals surface area contributed by atoms with E-state index in [1.165, 1.54) is 0 Å². The third-order valence-corrected chi connectivity index (χ3v) is 3.88. The quantitative estimate of drug-likeness (QED) is 0.773. The standard InChI is InChI=1S/C11H6Br2N/c12-9-5-3-4-8(11(9)13)10-6-1-2-7-14-10/h2-7H. The van der Waals surface area contributed by atoms with Crippen molar-refractivity contribution >= 4 is 31.9 Å². The number of rotatable bonds is 1. The highest BCUT2D eigenvalue weighted by Gasteiger charge is 2.05. The molecule has 0 aliphatic heterocycles. The first-order valence-corrected chi connectivity index (χ1v) is 5.64. The first-order chi connectivity index (χ1) is 6.79. The third-order valence-electron chi connectivity index (χ3n) is 1.83. The van der Waals surface area contributed by atoms with Gasteiger partial charge in [0.05, 0.1) is 5.69 Å². The van der Waals surface area contributed by atoms with E-state index >= 15 is 0 Å². The van der Waals surface area contributed by atoms with Crippen molar-refractivity contribution in [3.05, 3.63) is 51.5 Å². The Morgan fingerprint density at radius 2 is 2.07 bits per heavy atom. The monoisotopic (exact) mass is 310 g/mol. The van der Waals surface area contributed by atoms with Crippen LogP contribution in [0.3, 0.4) is 0 Å². The van der Waals surface area contributed by atoms with Crippen LogP contribution >= 0.6 is 31.9 Å². The molecular weight excluding hydrogens is 306 g/mol. The van der Waals surface area contributed by atoms with Crippen molar-refractivity contribution in [3.8, 4) is 11.3 Å². The van der Waals surface area contributed by atoms with Gasteiger partial charge in [0.25, 0.3) is 0 Å². The van der Waals surface area contributed by atoms with E-state index in [0.29, 0.717) is 0 Å². The molecule has 0 saturated heterocycles. The van der Waals surface area contributed by atoms with Crippen LogP contribution < -0.4 is 0 Å². The average Bonchev–Trinajstić information content (AvgIpc) is 2.23. The van der Waals surface area contributed by atoms with E-state index in [4.69, 9.17) is 0 Å². The Morgan fingerprint density at radius 3 is 2.79 bits per heavy atom. The van der Waals surface area contributed by atoms with E-state index in [1.807, 2.05) is 24.3 Å². The van der Waals surface area contributed by atoms with Crippen molar-refractivity contribution in [2.45, 2.75) is 0 Å². The smallest absolute Gasteiger partial charge is 0.0719 e. The molecule has 0 aliphatic rings. The van der Waals surface area contributed by atoms with Gasteiger partial charge < -0.3 is 0 Å². The number of benzene rings is 1. The van der Waals surface area contributed by atoms with Gasteiger partial charge in [-0.25, -0.2) is 0 Å². The van der Waals surface area contributed by atoms with E-state index in [1.54, 1.807) is 12.3 Å². The zero-order valence-corrected chi connectivity index (χ0v) is 10.3. The molecule has 3 heteroatoms. The van der Waals surface area contributed by atoms with Crippen molar-refractivity contribution in [1.29, 1.82) is 0 Å². The Morgan fingerprint density at radius 1 is 1.21 bits per heavy atom. The molecule has 1 heterocycles. The molecule has 2 aromatic rings. The van der Waals surface area contributed by atoms with Crippen LogP contribution in [0.1, 0.15) is 0 Å². The lowest BCUT2D eigenvalue weighted by molar-refractivity contribution is 1.31. The zero-order valence-electron chi connectivity index (χ0n) is 7.17. The Kier molecular flexibility index (Phi) is 2.99. The minimum atomic E-state index is 0.917. The van der Waals surface area contributed by atoms with Crippen LogP contribution in [0.25, 0.3) is 11.3 Å². The summed E-state index contributed by atoms with van der Waals surface area (Å²) < 4.78 is 2.05. The highest BCUT2D eigenvalue weighted by atomic mass is 79.9. The zero-order chi connectivity index (χ0) is 9.97. The highest BCUT2D eigenvalue weighted by molar-refractivity contribution is 9.13. The summed E-state index contributed by atoms with van der Waals surface area (Å²) in [6, 6.07) is 12.7. The van der Waals surface area contributed by atoms with Gasteiger partial charge in [0.1, 0.15) is 0 Å². The van der Waals surface area contributed by atoms with Crippen LogP contribution in [-0.4, -0.2) is 4.98 Å². The second-order valence-electron chi connectivity index (χ2n) is 2.74. The first kappa shape index (κ1) is 9.87. The normalized spacial score (nSPS) is 10.1. The van der Waals surface area contributed by atoms with E-state index < -0.39 is 0 Å². The average molecular weight is 312 g/mol. The fourth-order valence-corrected chi connectivity index (χ4v) is 2.01. The molecule has 0 amide bonds. The lowest BCUT2D eigenvalue weighted by atomic mass is 10.1. The SMILES string of the molecule is Brc1cccc(-c2c[c]ccn2)c1Br. The molecule has 0 unspecified atom stereocenters. The van der Waals surface area contributed by atoms with E-state index in [-0.39, 0.29) is 0 Å². The van der Waals surface area contributed by atoms with Gasteiger partial charge in [0.2, 0.25) is 0 Å². The molecule has 0 fully saturated rings. The molecule has 0 spiro atoms. The molecular formula is C11H6Br2N. The van der Waals surface area contributed by atoms with Crippen molar-refractivity contribution in [2.24, 2.45) is 0 Å². The van der Waals surface area contributed by atoms with Crippen LogP contribution in [-0.2, 0) is 0 Å². The molecule has 0 aliphatic carbocycles. The second-order valence-corrected chi connectivity index (χ2v) is 4.39. The van der Waals surface area contributed by atoms with Gasteiger partial charge in [0.15, 0.2) is 0 Å². The summed E-state index contributed by atoms with van der Waals surface area (Å²) in [7, 11) is 0. The van der Waals surface area contributed by atoms with Crippen molar-refractivity contribution < 1.29 is 0 Å². The number of halogens is 2. The Hall–Kier alpha value is -0.670. The lowest BCUT2D eigenvalue weighted by Gasteiger charge is -2.04. The number of hydrogen-bond donors (Lipinski definition) is 0. The fourth-order valence-electron chi connectivity index (χ4n) is 1.17. The topological polar surface area (TPSA) is 12.9 Å². The minimum absolute atomic E-state index is 0.917. The molecule has 0 bridgehead atoms. The maximum absolute atomic E-state index is 4.27. The number of nitrogens with zero attached hydrogens (tertiary/aromatic N) is 1. The van der Waals surface area contributed by atoms with E-state index in [0.717, 1.165) is 20.2 Å². The number of pyridine rings is 1. The predicted octanol–water partition coefficient (Wildman–Crippen LogP) is 4.07. The molecule has 1 radical (unpaired) electrons. The van der Waals surface area contributed by atoms with E-state index in [9.17, 15) is 0 Å². The summed E-state index contributed by atoms with van der Waals surface area (Å²) in [6.45, 7) is 0. The summed E-state index contributed by atoms with van der Waals surface area (Å²) in [5.41, 5.74) is 1.98. The molecule has 1 nitrogen and oxygen atoms in total. The van der Waals surface area contributed by atoms with Gasteiger partial charge in [0, 0.05) is 20.7 Å². The number of aromatic nitrogens is 1. The van der Waals surface area contributed by atoms with Crippen LogP contribution in [0.5, 0.6) is 0 Å². The van der Waals surface area contributed by atoms with Crippen molar-refractivity contribution in [3.63, 3.8) is 0 Å². The van der Waals surface area contributed by atoms with Crippen LogP contribution in [0.2, 0.25) is 0 Å². The lowest BCUT2D eigenvalue weighted by Crippen LogP contribution is -1.83. The molecule has 14 heavy (non-hydrogen) atoms. The van der Waals surface area contributed by atoms with Gasteiger partial charge in [-0.2, -0.15) is 0 Å². The molecule has 0 N–H and O–H groups in total. The van der Waals surface area contributed by atoms with E-state index in [2.05, 4.69) is 42.9 Å². The van der Waals surface area contributed by atoms with Crippen LogP contribution in [0.4, 0.5) is 0 Å². The van der Waals surface area contributed by atoms with Gasteiger partial charge in [-0.1, -0.05) is 12.1 Å². The number of hydrogen-bond acceptors (Lipinski definition) is 1. The van der Waals surface area contributed by atoms with Gasteiger partial charge in [-0.15, -0.1) is 0 Å². The first-order valence-electron chi connectivity index (χ1n) is 4.05.